The highest BCUT2D eigenvalue weighted by atomic mass is 35.5. The number of allylic oxidation sites excluding steroid dienone is 1. The van der Waals surface area contributed by atoms with Crippen LogP contribution in [-0.2, 0) is 24.2 Å². The van der Waals surface area contributed by atoms with Gasteiger partial charge in [0.1, 0.15) is 12.4 Å². The van der Waals surface area contributed by atoms with Crippen LogP contribution < -0.4 is 14.9 Å². The summed E-state index contributed by atoms with van der Waals surface area (Å²) in [5.41, 5.74) is 5.48. The van der Waals surface area contributed by atoms with Crippen molar-refractivity contribution in [3.8, 4) is 11.5 Å². The van der Waals surface area contributed by atoms with Crippen molar-refractivity contribution in [2.45, 2.75) is 19.4 Å². The van der Waals surface area contributed by atoms with Crippen molar-refractivity contribution in [2.24, 2.45) is 5.10 Å². The second-order valence-corrected chi connectivity index (χ2v) is 8.17. The molecule has 0 spiro atoms. The van der Waals surface area contributed by atoms with E-state index in [1.165, 1.54) is 18.3 Å². The molecule has 0 radical (unpaired) electrons. The number of benzene rings is 3. The molecule has 0 aromatic heterocycles. The van der Waals surface area contributed by atoms with E-state index < -0.39 is 0 Å². The number of hydrazone groups is 1. The van der Waals surface area contributed by atoms with E-state index >= 15 is 0 Å². The standard InChI is InChI=1S/C26H23Cl2FN2O3/c1-3-4-19-11-18(15-30-31-25(32)13-17-5-9-22(29)10-6-17)12-24(33-2)26(19)34-16-20-7-8-21(27)14-23(20)28/h3,5-12,14-15H,1,4,13,16H2,2H3,(H,31,32)/b30-15+. The Balaban J connectivity index is 1.72. The maximum atomic E-state index is 13.0. The number of halogens is 3. The minimum absolute atomic E-state index is 0.0860. The van der Waals surface area contributed by atoms with Crippen molar-refractivity contribution < 1.29 is 18.7 Å². The molecule has 3 aromatic rings. The highest BCUT2D eigenvalue weighted by molar-refractivity contribution is 6.35. The third-order valence-electron chi connectivity index (χ3n) is 4.81. The molecule has 0 atom stereocenters. The van der Waals surface area contributed by atoms with Gasteiger partial charge in [0.05, 0.1) is 19.7 Å². The van der Waals surface area contributed by atoms with E-state index in [0.29, 0.717) is 39.1 Å². The van der Waals surface area contributed by atoms with Crippen LogP contribution >= 0.6 is 23.2 Å². The highest BCUT2D eigenvalue weighted by Crippen LogP contribution is 2.34. The van der Waals surface area contributed by atoms with Gasteiger partial charge in [-0.3, -0.25) is 4.79 Å². The average molecular weight is 501 g/mol. The van der Waals surface area contributed by atoms with Crippen molar-refractivity contribution in [3.05, 3.63) is 105 Å². The van der Waals surface area contributed by atoms with Crippen LogP contribution in [0.4, 0.5) is 4.39 Å². The van der Waals surface area contributed by atoms with E-state index in [1.54, 1.807) is 49.6 Å². The summed E-state index contributed by atoms with van der Waals surface area (Å²) in [5, 5.41) is 5.08. The van der Waals surface area contributed by atoms with E-state index in [2.05, 4.69) is 17.1 Å². The number of ether oxygens (including phenoxy) is 2. The summed E-state index contributed by atoms with van der Waals surface area (Å²) in [4.78, 5) is 12.1. The van der Waals surface area contributed by atoms with Gasteiger partial charge in [0.25, 0.3) is 0 Å². The molecule has 0 aliphatic rings. The van der Waals surface area contributed by atoms with Crippen molar-refractivity contribution in [1.29, 1.82) is 0 Å². The molecule has 8 heteroatoms. The maximum Gasteiger partial charge on any atom is 0.244 e. The number of nitrogens with one attached hydrogen (secondary N) is 1. The lowest BCUT2D eigenvalue weighted by molar-refractivity contribution is -0.120. The number of hydrogen-bond acceptors (Lipinski definition) is 4. The molecule has 0 saturated heterocycles. The number of carbonyl (C=O) groups is 1. The molecule has 0 fully saturated rings. The number of rotatable bonds is 10. The number of hydrogen-bond donors (Lipinski definition) is 1. The molecule has 0 saturated carbocycles. The van der Waals surface area contributed by atoms with Crippen molar-refractivity contribution >= 4 is 35.3 Å². The first-order valence-corrected chi connectivity index (χ1v) is 11.1. The predicted octanol–water partition coefficient (Wildman–Crippen LogP) is 6.14. The molecule has 1 amide bonds. The monoisotopic (exact) mass is 500 g/mol. The molecule has 3 aromatic carbocycles. The van der Waals surface area contributed by atoms with Gasteiger partial charge in [0.15, 0.2) is 11.5 Å². The summed E-state index contributed by atoms with van der Waals surface area (Å²) in [5.74, 6) is 0.394. The van der Waals surface area contributed by atoms with Crippen LogP contribution in [0, 0.1) is 5.82 Å². The molecular formula is C26H23Cl2FN2O3. The van der Waals surface area contributed by atoms with Crippen LogP contribution in [0.25, 0.3) is 0 Å². The Morgan fingerprint density at radius 1 is 1.12 bits per heavy atom. The van der Waals surface area contributed by atoms with Crippen molar-refractivity contribution in [2.75, 3.05) is 7.11 Å². The van der Waals surface area contributed by atoms with Crippen LogP contribution in [0.5, 0.6) is 11.5 Å². The summed E-state index contributed by atoms with van der Waals surface area (Å²) >= 11 is 12.2. The Labute approximate surface area is 207 Å². The van der Waals surface area contributed by atoms with E-state index in [0.717, 1.165) is 11.1 Å². The summed E-state index contributed by atoms with van der Waals surface area (Å²) < 4.78 is 24.6. The van der Waals surface area contributed by atoms with Gasteiger partial charge in [-0.2, -0.15) is 5.10 Å². The lowest BCUT2D eigenvalue weighted by Gasteiger charge is -2.16. The average Bonchev–Trinajstić information content (AvgIpc) is 2.81. The van der Waals surface area contributed by atoms with Gasteiger partial charge in [-0.1, -0.05) is 47.5 Å². The van der Waals surface area contributed by atoms with Crippen LogP contribution in [0.1, 0.15) is 22.3 Å². The van der Waals surface area contributed by atoms with Crippen LogP contribution in [-0.4, -0.2) is 19.2 Å². The molecule has 34 heavy (non-hydrogen) atoms. The molecule has 0 aliphatic heterocycles. The first-order valence-electron chi connectivity index (χ1n) is 10.3. The fourth-order valence-electron chi connectivity index (χ4n) is 3.18. The first-order chi connectivity index (χ1) is 16.4. The third kappa shape index (κ3) is 7.07. The van der Waals surface area contributed by atoms with Gasteiger partial charge in [-0.25, -0.2) is 9.82 Å². The Morgan fingerprint density at radius 3 is 2.56 bits per heavy atom. The second-order valence-electron chi connectivity index (χ2n) is 7.33. The van der Waals surface area contributed by atoms with Crippen molar-refractivity contribution in [1.82, 2.24) is 5.43 Å². The second kappa shape index (κ2) is 12.2. The Bertz CT molecular complexity index is 1200. The molecule has 0 unspecified atom stereocenters. The molecular weight excluding hydrogens is 478 g/mol. The number of methoxy groups -OCH3 is 1. The molecule has 1 N–H and O–H groups in total. The highest BCUT2D eigenvalue weighted by Gasteiger charge is 2.14. The Kier molecular flexibility index (Phi) is 9.08. The van der Waals surface area contributed by atoms with Gasteiger partial charge >= 0.3 is 0 Å². The molecule has 176 valence electrons. The number of nitrogens with zero attached hydrogens (tertiary/aromatic N) is 1. The normalized spacial score (nSPS) is 10.8. The third-order valence-corrected chi connectivity index (χ3v) is 5.39. The predicted molar refractivity (Wildman–Crippen MR) is 134 cm³/mol. The van der Waals surface area contributed by atoms with Gasteiger partial charge < -0.3 is 9.47 Å². The smallest absolute Gasteiger partial charge is 0.244 e. The zero-order valence-corrected chi connectivity index (χ0v) is 20.0. The van der Waals surface area contributed by atoms with E-state index in [9.17, 15) is 9.18 Å². The minimum atomic E-state index is -0.352. The van der Waals surface area contributed by atoms with Gasteiger partial charge in [-0.05, 0) is 53.9 Å². The summed E-state index contributed by atoms with van der Waals surface area (Å²) in [6.45, 7) is 4.03. The zero-order valence-electron chi connectivity index (χ0n) is 18.5. The molecule has 0 bridgehead atoms. The summed E-state index contributed by atoms with van der Waals surface area (Å²) in [7, 11) is 1.54. The number of carbonyl (C=O) groups excluding carboxylic acids is 1. The molecule has 0 heterocycles. The van der Waals surface area contributed by atoms with E-state index in [4.69, 9.17) is 32.7 Å². The fourth-order valence-corrected chi connectivity index (χ4v) is 3.64. The van der Waals surface area contributed by atoms with E-state index in [1.807, 2.05) is 6.07 Å². The Morgan fingerprint density at radius 2 is 1.88 bits per heavy atom. The minimum Gasteiger partial charge on any atom is -0.493 e. The van der Waals surface area contributed by atoms with Crippen LogP contribution in [0.15, 0.2) is 72.4 Å². The van der Waals surface area contributed by atoms with Gasteiger partial charge in [0.2, 0.25) is 5.91 Å². The zero-order chi connectivity index (χ0) is 24.5. The van der Waals surface area contributed by atoms with Gasteiger partial charge in [0, 0.05) is 21.2 Å². The molecule has 3 rings (SSSR count). The largest absolute Gasteiger partial charge is 0.493 e. The Hall–Kier alpha value is -3.35. The lowest BCUT2D eigenvalue weighted by atomic mass is 10.1. The quantitative estimate of drug-likeness (QED) is 0.206. The lowest BCUT2D eigenvalue weighted by Crippen LogP contribution is -2.19. The summed E-state index contributed by atoms with van der Waals surface area (Å²) in [6, 6.07) is 14.6. The molecule has 0 aliphatic carbocycles. The van der Waals surface area contributed by atoms with Crippen molar-refractivity contribution in [3.63, 3.8) is 0 Å². The topological polar surface area (TPSA) is 59.9 Å². The molecule has 5 nitrogen and oxygen atoms in total. The van der Waals surface area contributed by atoms with Gasteiger partial charge in [-0.15, -0.1) is 6.58 Å². The van der Waals surface area contributed by atoms with Crippen LogP contribution in [0.2, 0.25) is 10.0 Å². The summed E-state index contributed by atoms with van der Waals surface area (Å²) in [6.07, 6.45) is 3.88. The number of amides is 1. The SMILES string of the molecule is C=CCc1cc(/C=N/NC(=O)Cc2ccc(F)cc2)cc(OC)c1OCc1ccc(Cl)cc1Cl. The first kappa shape index (κ1) is 25.3. The maximum absolute atomic E-state index is 13.0. The fraction of sp³-hybridized carbons (Fsp3) is 0.154. The van der Waals surface area contributed by atoms with Crippen LogP contribution in [0.3, 0.4) is 0 Å². The van der Waals surface area contributed by atoms with E-state index in [-0.39, 0.29) is 24.8 Å².